The van der Waals surface area contributed by atoms with Gasteiger partial charge in [0.1, 0.15) is 11.9 Å². The van der Waals surface area contributed by atoms with E-state index in [1.54, 1.807) is 31.4 Å². The molecule has 1 heterocycles. The molecular weight excluding hydrogens is 424 g/mol. The molecule has 1 fully saturated rings. The third kappa shape index (κ3) is 5.61. The zero-order chi connectivity index (χ0) is 22.3. The van der Waals surface area contributed by atoms with Gasteiger partial charge >= 0.3 is 5.97 Å². The van der Waals surface area contributed by atoms with E-state index in [1.165, 1.54) is 5.69 Å². The molecular formula is C26H27ClN2O3. The summed E-state index contributed by atoms with van der Waals surface area (Å²) in [5.74, 6) is 0.498. The molecule has 0 N–H and O–H groups in total. The molecule has 1 saturated heterocycles. The van der Waals surface area contributed by atoms with Gasteiger partial charge in [0.15, 0.2) is 0 Å². The molecule has 0 spiro atoms. The average molecular weight is 451 g/mol. The molecule has 6 heteroatoms. The summed E-state index contributed by atoms with van der Waals surface area (Å²) in [5.41, 5.74) is 2.64. The Kier molecular flexibility index (Phi) is 7.30. The molecule has 0 aliphatic carbocycles. The standard InChI is InChI=1S/C26H27ClN2O3/c1-31-24-12-10-23(11-13-24)29-16-14-28(15-17-29)19-25(20-6-3-2-4-7-20)32-26(30)21-8-5-9-22(27)18-21/h2-13,18,25H,14-17,19H2,1H3. The van der Waals surface area contributed by atoms with Gasteiger partial charge in [0.25, 0.3) is 0 Å². The van der Waals surface area contributed by atoms with Crippen molar-refractivity contribution in [1.29, 1.82) is 0 Å². The van der Waals surface area contributed by atoms with E-state index < -0.39 is 0 Å². The second-order valence-corrected chi connectivity index (χ2v) is 8.24. The first kappa shape index (κ1) is 22.2. The van der Waals surface area contributed by atoms with Crippen LogP contribution in [0.4, 0.5) is 5.69 Å². The number of carbonyl (C=O) groups excluding carboxylic acids is 1. The Morgan fingerprint density at radius 1 is 0.938 bits per heavy atom. The first-order valence-electron chi connectivity index (χ1n) is 10.8. The van der Waals surface area contributed by atoms with Gasteiger partial charge in [-0.1, -0.05) is 48.0 Å². The predicted molar refractivity (Wildman–Crippen MR) is 128 cm³/mol. The van der Waals surface area contributed by atoms with Crippen LogP contribution in [0.3, 0.4) is 0 Å². The molecule has 4 rings (SSSR count). The number of ether oxygens (including phenoxy) is 2. The van der Waals surface area contributed by atoms with Gasteiger partial charge in [-0.2, -0.15) is 0 Å². The summed E-state index contributed by atoms with van der Waals surface area (Å²) < 4.78 is 11.2. The van der Waals surface area contributed by atoms with Gasteiger partial charge < -0.3 is 14.4 Å². The van der Waals surface area contributed by atoms with E-state index in [1.807, 2.05) is 42.5 Å². The van der Waals surface area contributed by atoms with Gasteiger partial charge in [0.05, 0.1) is 12.7 Å². The number of halogens is 1. The Labute approximate surface area is 194 Å². The highest BCUT2D eigenvalue weighted by molar-refractivity contribution is 6.30. The quantitative estimate of drug-likeness (QED) is 0.470. The van der Waals surface area contributed by atoms with Gasteiger partial charge in [0, 0.05) is 43.4 Å². The fourth-order valence-electron chi connectivity index (χ4n) is 3.91. The number of rotatable bonds is 7. The number of methoxy groups -OCH3 is 1. The molecule has 1 aliphatic rings. The SMILES string of the molecule is COc1ccc(N2CCN(CC(OC(=O)c3cccc(Cl)c3)c3ccccc3)CC2)cc1. The van der Waals surface area contributed by atoms with Crippen LogP contribution in [0.25, 0.3) is 0 Å². The number of piperazine rings is 1. The Morgan fingerprint density at radius 2 is 1.66 bits per heavy atom. The minimum absolute atomic E-state index is 0.352. The van der Waals surface area contributed by atoms with E-state index in [2.05, 4.69) is 21.9 Å². The number of hydrogen-bond donors (Lipinski definition) is 0. The number of benzene rings is 3. The smallest absolute Gasteiger partial charge is 0.338 e. The van der Waals surface area contributed by atoms with Crippen molar-refractivity contribution in [3.63, 3.8) is 0 Å². The summed E-state index contributed by atoms with van der Waals surface area (Å²) in [6.45, 7) is 4.26. The van der Waals surface area contributed by atoms with E-state index in [-0.39, 0.29) is 12.1 Å². The van der Waals surface area contributed by atoms with Crippen LogP contribution in [0.1, 0.15) is 22.0 Å². The molecule has 1 atom stereocenters. The van der Waals surface area contributed by atoms with Crippen molar-refractivity contribution in [3.05, 3.63) is 95.0 Å². The first-order chi connectivity index (χ1) is 15.6. The molecule has 3 aromatic rings. The first-order valence-corrected chi connectivity index (χ1v) is 11.1. The molecule has 166 valence electrons. The summed E-state index contributed by atoms with van der Waals surface area (Å²) in [6.07, 6.45) is -0.352. The Morgan fingerprint density at radius 3 is 2.31 bits per heavy atom. The van der Waals surface area contributed by atoms with Crippen LogP contribution in [-0.2, 0) is 4.74 Å². The Bertz CT molecular complexity index is 1020. The maximum absolute atomic E-state index is 12.8. The number of carbonyl (C=O) groups is 1. The van der Waals surface area contributed by atoms with Gasteiger partial charge in [-0.3, -0.25) is 4.90 Å². The Hall–Kier alpha value is -3.02. The number of nitrogens with zero attached hydrogens (tertiary/aromatic N) is 2. The van der Waals surface area contributed by atoms with Gasteiger partial charge in [0.2, 0.25) is 0 Å². The lowest BCUT2D eigenvalue weighted by molar-refractivity contribution is 0.0190. The lowest BCUT2D eigenvalue weighted by Gasteiger charge is -2.37. The van der Waals surface area contributed by atoms with Crippen molar-refractivity contribution in [2.75, 3.05) is 44.7 Å². The molecule has 0 bridgehead atoms. The van der Waals surface area contributed by atoms with E-state index in [0.717, 1.165) is 37.5 Å². The van der Waals surface area contributed by atoms with Crippen LogP contribution in [0.5, 0.6) is 5.75 Å². The summed E-state index contributed by atoms with van der Waals surface area (Å²) in [4.78, 5) is 17.5. The Balaban J connectivity index is 1.41. The maximum atomic E-state index is 12.8. The van der Waals surface area contributed by atoms with Crippen LogP contribution in [0, 0.1) is 0 Å². The second-order valence-electron chi connectivity index (χ2n) is 7.80. The lowest BCUT2D eigenvalue weighted by atomic mass is 10.1. The fraction of sp³-hybridized carbons (Fsp3) is 0.269. The average Bonchev–Trinajstić information content (AvgIpc) is 2.84. The number of anilines is 1. The van der Waals surface area contributed by atoms with Crippen LogP contribution in [0.15, 0.2) is 78.9 Å². The molecule has 32 heavy (non-hydrogen) atoms. The predicted octanol–water partition coefficient (Wildman–Crippen LogP) is 5.07. The lowest BCUT2D eigenvalue weighted by Crippen LogP contribution is -2.47. The highest BCUT2D eigenvalue weighted by atomic mass is 35.5. The van der Waals surface area contributed by atoms with Crippen molar-refractivity contribution >= 4 is 23.3 Å². The topological polar surface area (TPSA) is 42.0 Å². The van der Waals surface area contributed by atoms with Crippen molar-refractivity contribution in [2.24, 2.45) is 0 Å². The molecule has 0 saturated carbocycles. The third-order valence-corrected chi connectivity index (χ3v) is 5.95. The van der Waals surface area contributed by atoms with Crippen molar-refractivity contribution in [3.8, 4) is 5.75 Å². The van der Waals surface area contributed by atoms with E-state index in [4.69, 9.17) is 21.1 Å². The zero-order valence-electron chi connectivity index (χ0n) is 18.1. The molecule has 3 aromatic carbocycles. The summed E-state index contributed by atoms with van der Waals surface area (Å²) >= 11 is 6.05. The van der Waals surface area contributed by atoms with Crippen molar-refractivity contribution < 1.29 is 14.3 Å². The minimum atomic E-state index is -0.363. The van der Waals surface area contributed by atoms with Crippen LogP contribution in [-0.4, -0.2) is 50.7 Å². The third-order valence-electron chi connectivity index (χ3n) is 5.71. The van der Waals surface area contributed by atoms with Gasteiger partial charge in [-0.05, 0) is 48.0 Å². The molecule has 1 unspecified atom stereocenters. The van der Waals surface area contributed by atoms with E-state index >= 15 is 0 Å². The number of esters is 1. The van der Waals surface area contributed by atoms with E-state index in [0.29, 0.717) is 17.1 Å². The van der Waals surface area contributed by atoms with Crippen LogP contribution < -0.4 is 9.64 Å². The van der Waals surface area contributed by atoms with Crippen LogP contribution in [0.2, 0.25) is 5.02 Å². The number of hydrogen-bond acceptors (Lipinski definition) is 5. The minimum Gasteiger partial charge on any atom is -0.497 e. The van der Waals surface area contributed by atoms with E-state index in [9.17, 15) is 4.79 Å². The fourth-order valence-corrected chi connectivity index (χ4v) is 4.10. The monoisotopic (exact) mass is 450 g/mol. The molecule has 5 nitrogen and oxygen atoms in total. The normalized spacial score (nSPS) is 15.2. The summed E-state index contributed by atoms with van der Waals surface area (Å²) in [6, 6.07) is 24.9. The highest BCUT2D eigenvalue weighted by Crippen LogP contribution is 2.24. The highest BCUT2D eigenvalue weighted by Gasteiger charge is 2.24. The molecule has 0 radical (unpaired) electrons. The van der Waals surface area contributed by atoms with Gasteiger partial charge in [-0.15, -0.1) is 0 Å². The second kappa shape index (κ2) is 10.5. The maximum Gasteiger partial charge on any atom is 0.338 e. The summed E-state index contributed by atoms with van der Waals surface area (Å²) in [5, 5.41) is 0.519. The zero-order valence-corrected chi connectivity index (χ0v) is 18.9. The molecule has 0 aromatic heterocycles. The molecule has 0 amide bonds. The van der Waals surface area contributed by atoms with Crippen LogP contribution >= 0.6 is 11.6 Å². The van der Waals surface area contributed by atoms with Crippen molar-refractivity contribution in [1.82, 2.24) is 4.90 Å². The van der Waals surface area contributed by atoms with Crippen molar-refractivity contribution in [2.45, 2.75) is 6.10 Å². The van der Waals surface area contributed by atoms with Gasteiger partial charge in [-0.25, -0.2) is 4.79 Å². The largest absolute Gasteiger partial charge is 0.497 e. The molecule has 1 aliphatic heterocycles. The summed E-state index contributed by atoms with van der Waals surface area (Å²) in [7, 11) is 1.68.